The molecule has 1 N–H and O–H groups in total. The Hall–Kier alpha value is -1.41. The fourth-order valence-electron chi connectivity index (χ4n) is 2.14. The lowest BCUT2D eigenvalue weighted by atomic mass is 10.0. The van der Waals surface area contributed by atoms with E-state index in [0.29, 0.717) is 0 Å². The zero-order chi connectivity index (χ0) is 14.2. The summed E-state index contributed by atoms with van der Waals surface area (Å²) in [4.78, 5) is 0. The molecule has 0 aromatic heterocycles. The molecule has 2 aromatic carbocycles. The fraction of sp³-hybridized carbons (Fsp3) is 0.333. The molecule has 0 aliphatic carbocycles. The lowest BCUT2D eigenvalue weighted by Crippen LogP contribution is -2.01. The first-order valence-electron chi connectivity index (χ1n) is 7.27. The number of hydrogen-bond donors (Lipinski definition) is 2. The van der Waals surface area contributed by atoms with E-state index >= 15 is 0 Å². The van der Waals surface area contributed by atoms with Gasteiger partial charge in [-0.3, -0.25) is 0 Å². The minimum atomic E-state index is 0.932. The maximum Gasteiger partial charge on any atom is 0.0340 e. The van der Waals surface area contributed by atoms with Gasteiger partial charge in [0, 0.05) is 12.2 Å². The quantitative estimate of drug-likeness (QED) is 0.563. The molecule has 2 rings (SSSR count). The molecule has 0 unspecified atom stereocenters. The number of thiol groups is 1. The average molecular weight is 285 g/mol. The summed E-state index contributed by atoms with van der Waals surface area (Å²) in [5.74, 6) is 0.932. The highest BCUT2D eigenvalue weighted by atomic mass is 32.1. The van der Waals surface area contributed by atoms with Crippen molar-refractivity contribution >= 4 is 18.3 Å². The van der Waals surface area contributed by atoms with Crippen LogP contribution in [0, 0.1) is 6.92 Å². The Bertz CT molecular complexity index is 502. The topological polar surface area (TPSA) is 12.0 Å². The zero-order valence-electron chi connectivity index (χ0n) is 12.1. The first-order chi connectivity index (χ1) is 9.78. The number of anilines is 1. The molecule has 2 heteroatoms. The van der Waals surface area contributed by atoms with Crippen molar-refractivity contribution in [1.29, 1.82) is 0 Å². The summed E-state index contributed by atoms with van der Waals surface area (Å²) in [6, 6.07) is 17.6. The molecule has 0 atom stereocenters. The minimum absolute atomic E-state index is 0.932. The molecule has 0 amide bonds. The highest BCUT2D eigenvalue weighted by Crippen LogP contribution is 2.13. The van der Waals surface area contributed by atoms with Gasteiger partial charge in [0.2, 0.25) is 0 Å². The average Bonchev–Trinajstić information content (AvgIpc) is 2.48. The zero-order valence-corrected chi connectivity index (χ0v) is 13.0. The van der Waals surface area contributed by atoms with E-state index < -0.39 is 0 Å². The Morgan fingerprint density at radius 3 is 1.95 bits per heavy atom. The van der Waals surface area contributed by atoms with Crippen molar-refractivity contribution in [2.75, 3.05) is 17.6 Å². The van der Waals surface area contributed by atoms with Gasteiger partial charge in [-0.2, -0.15) is 12.6 Å². The molecule has 0 aliphatic rings. The van der Waals surface area contributed by atoms with Gasteiger partial charge in [-0.15, -0.1) is 0 Å². The van der Waals surface area contributed by atoms with Crippen molar-refractivity contribution in [3.05, 3.63) is 65.2 Å². The van der Waals surface area contributed by atoms with E-state index in [1.54, 1.807) is 0 Å². The standard InChI is InChI=1S/C18H23NS/c1-15-3-5-16(6-4-15)7-8-17-9-11-18(12-10-17)19-13-2-14-20/h3-6,9-12,19-20H,2,7-8,13-14H2,1H3. The largest absolute Gasteiger partial charge is 0.385 e. The number of hydrogen-bond acceptors (Lipinski definition) is 2. The molecule has 20 heavy (non-hydrogen) atoms. The number of benzene rings is 2. The van der Waals surface area contributed by atoms with Gasteiger partial charge in [0.05, 0.1) is 0 Å². The predicted octanol–water partition coefficient (Wildman–Crippen LogP) is 4.51. The van der Waals surface area contributed by atoms with Gasteiger partial charge in [0.25, 0.3) is 0 Å². The van der Waals surface area contributed by atoms with Gasteiger partial charge in [0.1, 0.15) is 0 Å². The van der Waals surface area contributed by atoms with Crippen molar-refractivity contribution in [2.24, 2.45) is 0 Å². The Kier molecular flexibility index (Phi) is 6.00. The maximum atomic E-state index is 4.21. The van der Waals surface area contributed by atoms with Crippen molar-refractivity contribution < 1.29 is 0 Å². The molecule has 0 aliphatic heterocycles. The van der Waals surface area contributed by atoms with Crippen molar-refractivity contribution in [3.8, 4) is 0 Å². The molecule has 1 nitrogen and oxygen atoms in total. The second kappa shape index (κ2) is 8.01. The summed E-state index contributed by atoms with van der Waals surface area (Å²) in [6.07, 6.45) is 3.30. The van der Waals surface area contributed by atoms with E-state index in [4.69, 9.17) is 0 Å². The van der Waals surface area contributed by atoms with Crippen LogP contribution in [0.3, 0.4) is 0 Å². The molecular formula is C18H23NS. The van der Waals surface area contributed by atoms with Gasteiger partial charge in [-0.05, 0) is 55.2 Å². The Balaban J connectivity index is 1.82. The molecule has 0 saturated heterocycles. The Morgan fingerprint density at radius 1 is 0.850 bits per heavy atom. The number of aryl methyl sites for hydroxylation is 3. The molecule has 106 valence electrons. The summed E-state index contributed by atoms with van der Waals surface area (Å²) in [5.41, 5.74) is 5.33. The molecule has 0 bridgehead atoms. The first kappa shape index (κ1) is 15.0. The Morgan fingerprint density at radius 2 is 1.40 bits per heavy atom. The highest BCUT2D eigenvalue weighted by molar-refractivity contribution is 7.80. The van der Waals surface area contributed by atoms with Crippen LogP contribution in [-0.4, -0.2) is 12.3 Å². The summed E-state index contributed by atoms with van der Waals surface area (Å²) >= 11 is 4.21. The van der Waals surface area contributed by atoms with Gasteiger partial charge in [-0.25, -0.2) is 0 Å². The van der Waals surface area contributed by atoms with Crippen LogP contribution in [0.4, 0.5) is 5.69 Å². The van der Waals surface area contributed by atoms with Gasteiger partial charge in [-0.1, -0.05) is 42.0 Å². The third-order valence-electron chi connectivity index (χ3n) is 3.44. The third kappa shape index (κ3) is 4.93. The summed E-state index contributed by atoms with van der Waals surface area (Å²) in [7, 11) is 0. The van der Waals surface area contributed by atoms with Gasteiger partial charge >= 0.3 is 0 Å². The van der Waals surface area contributed by atoms with Gasteiger partial charge in [0.15, 0.2) is 0 Å². The lowest BCUT2D eigenvalue weighted by Gasteiger charge is -2.07. The fourth-order valence-corrected chi connectivity index (χ4v) is 2.30. The summed E-state index contributed by atoms with van der Waals surface area (Å²) in [5, 5.41) is 3.40. The van der Waals surface area contributed by atoms with E-state index in [2.05, 4.69) is 73.4 Å². The molecule has 0 fully saturated rings. The van der Waals surface area contributed by atoms with Crippen molar-refractivity contribution in [1.82, 2.24) is 0 Å². The van der Waals surface area contributed by atoms with Crippen LogP contribution in [0.25, 0.3) is 0 Å². The predicted molar refractivity (Wildman–Crippen MR) is 92.0 cm³/mol. The van der Waals surface area contributed by atoms with Gasteiger partial charge < -0.3 is 5.32 Å². The van der Waals surface area contributed by atoms with E-state index in [1.165, 1.54) is 22.4 Å². The second-order valence-electron chi connectivity index (χ2n) is 5.19. The van der Waals surface area contributed by atoms with Crippen molar-refractivity contribution in [3.63, 3.8) is 0 Å². The van der Waals surface area contributed by atoms with Crippen LogP contribution in [-0.2, 0) is 12.8 Å². The van der Waals surface area contributed by atoms with Crippen LogP contribution in [0.2, 0.25) is 0 Å². The number of rotatable bonds is 7. The normalized spacial score (nSPS) is 10.5. The second-order valence-corrected chi connectivity index (χ2v) is 5.63. The first-order valence-corrected chi connectivity index (χ1v) is 7.90. The van der Waals surface area contributed by atoms with E-state index in [0.717, 1.165) is 31.6 Å². The van der Waals surface area contributed by atoms with Crippen LogP contribution < -0.4 is 5.32 Å². The van der Waals surface area contributed by atoms with E-state index in [1.807, 2.05) is 0 Å². The van der Waals surface area contributed by atoms with Crippen LogP contribution in [0.5, 0.6) is 0 Å². The molecule has 0 spiro atoms. The van der Waals surface area contributed by atoms with Crippen LogP contribution >= 0.6 is 12.6 Å². The van der Waals surface area contributed by atoms with Crippen LogP contribution in [0.1, 0.15) is 23.1 Å². The molecule has 0 radical (unpaired) electrons. The summed E-state index contributed by atoms with van der Waals surface area (Å²) < 4.78 is 0. The highest BCUT2D eigenvalue weighted by Gasteiger charge is 1.97. The molecular weight excluding hydrogens is 262 g/mol. The SMILES string of the molecule is Cc1ccc(CCc2ccc(NCCCS)cc2)cc1. The summed E-state index contributed by atoms with van der Waals surface area (Å²) in [6.45, 7) is 3.12. The lowest BCUT2D eigenvalue weighted by molar-refractivity contribution is 0.957. The monoisotopic (exact) mass is 285 g/mol. The molecule has 2 aromatic rings. The maximum absolute atomic E-state index is 4.21. The Labute approximate surface area is 127 Å². The van der Waals surface area contributed by atoms with E-state index in [9.17, 15) is 0 Å². The van der Waals surface area contributed by atoms with E-state index in [-0.39, 0.29) is 0 Å². The third-order valence-corrected chi connectivity index (χ3v) is 3.76. The minimum Gasteiger partial charge on any atom is -0.385 e. The number of nitrogens with one attached hydrogen (secondary N) is 1. The van der Waals surface area contributed by atoms with Crippen molar-refractivity contribution in [2.45, 2.75) is 26.2 Å². The molecule has 0 saturated carbocycles. The van der Waals surface area contributed by atoms with Crippen LogP contribution in [0.15, 0.2) is 48.5 Å². The molecule has 0 heterocycles. The smallest absolute Gasteiger partial charge is 0.0340 e.